The second-order valence-electron chi connectivity index (χ2n) is 6.31. The Hall–Kier alpha value is -1.26. The topological polar surface area (TPSA) is 39.7 Å². The summed E-state index contributed by atoms with van der Waals surface area (Å²) in [6, 6.07) is 6.62. The van der Waals surface area contributed by atoms with Gasteiger partial charge in [-0.15, -0.1) is 0 Å². The first kappa shape index (κ1) is 14.7. The van der Waals surface area contributed by atoms with Gasteiger partial charge in [-0.05, 0) is 30.0 Å². The number of rotatable bonds is 3. The molecule has 1 aromatic rings. The molecule has 3 rings (SSSR count). The highest BCUT2D eigenvalue weighted by molar-refractivity contribution is 5.44. The molecule has 1 N–H and O–H groups in total. The lowest BCUT2D eigenvalue weighted by Gasteiger charge is -2.31. The van der Waals surface area contributed by atoms with E-state index in [1.54, 1.807) is 0 Å². The fraction of sp³-hybridized carbons (Fsp3) is 0.647. The van der Waals surface area contributed by atoms with E-state index in [9.17, 15) is 0 Å². The molecule has 2 heterocycles. The molecule has 1 saturated heterocycles. The Morgan fingerprint density at radius 3 is 2.71 bits per heavy atom. The molecule has 0 bridgehead atoms. The van der Waals surface area contributed by atoms with Crippen molar-refractivity contribution in [2.45, 2.75) is 38.8 Å². The molecule has 116 valence electrons. The van der Waals surface area contributed by atoms with Crippen LogP contribution in [0.5, 0.6) is 11.5 Å². The second-order valence-corrected chi connectivity index (χ2v) is 6.31. The molecule has 4 heteroatoms. The molecule has 2 atom stereocenters. The van der Waals surface area contributed by atoms with Gasteiger partial charge in [-0.25, -0.2) is 0 Å². The van der Waals surface area contributed by atoms with E-state index in [4.69, 9.17) is 14.2 Å². The van der Waals surface area contributed by atoms with Crippen LogP contribution in [0.4, 0.5) is 0 Å². The third kappa shape index (κ3) is 3.69. The molecule has 0 radical (unpaired) electrons. The Labute approximate surface area is 126 Å². The van der Waals surface area contributed by atoms with Crippen molar-refractivity contribution in [2.75, 3.05) is 26.4 Å². The van der Waals surface area contributed by atoms with E-state index in [0.29, 0.717) is 12.0 Å². The van der Waals surface area contributed by atoms with Crippen LogP contribution in [0, 0.1) is 5.92 Å². The molecule has 0 aliphatic carbocycles. The third-order valence-corrected chi connectivity index (χ3v) is 3.99. The number of ether oxygens (including phenoxy) is 3. The standard InChI is InChI=1S/C17H25NO3/c1-12(2)8-14-11-21-17(10-18-14)13-4-5-15-16(9-13)20-7-3-6-19-15/h4-5,9,12,14,17-18H,3,6-8,10-11H2,1-2H3. The van der Waals surface area contributed by atoms with Crippen LogP contribution in [0.1, 0.15) is 38.4 Å². The van der Waals surface area contributed by atoms with Crippen molar-refractivity contribution >= 4 is 0 Å². The summed E-state index contributed by atoms with van der Waals surface area (Å²) in [6.07, 6.45) is 2.20. The van der Waals surface area contributed by atoms with Gasteiger partial charge in [0.1, 0.15) is 0 Å². The van der Waals surface area contributed by atoms with Crippen LogP contribution < -0.4 is 14.8 Å². The summed E-state index contributed by atoms with van der Waals surface area (Å²) in [5.74, 6) is 2.39. The maximum Gasteiger partial charge on any atom is 0.161 e. The van der Waals surface area contributed by atoms with Crippen LogP contribution in [0.15, 0.2) is 18.2 Å². The second kappa shape index (κ2) is 6.67. The van der Waals surface area contributed by atoms with Crippen molar-refractivity contribution < 1.29 is 14.2 Å². The lowest BCUT2D eigenvalue weighted by atomic mass is 10.0. The minimum atomic E-state index is 0.102. The first-order chi connectivity index (χ1) is 10.2. The van der Waals surface area contributed by atoms with Gasteiger partial charge in [-0.2, -0.15) is 0 Å². The van der Waals surface area contributed by atoms with Gasteiger partial charge >= 0.3 is 0 Å². The summed E-state index contributed by atoms with van der Waals surface area (Å²) >= 11 is 0. The Kier molecular flexibility index (Phi) is 4.66. The molecular formula is C17H25NO3. The molecule has 2 aliphatic rings. The van der Waals surface area contributed by atoms with E-state index in [2.05, 4.69) is 31.3 Å². The molecule has 2 aliphatic heterocycles. The number of hydrogen-bond acceptors (Lipinski definition) is 4. The predicted octanol–water partition coefficient (Wildman–Crippen LogP) is 2.92. The van der Waals surface area contributed by atoms with E-state index < -0.39 is 0 Å². The quantitative estimate of drug-likeness (QED) is 0.929. The lowest BCUT2D eigenvalue weighted by Crippen LogP contribution is -2.43. The van der Waals surface area contributed by atoms with E-state index in [-0.39, 0.29) is 6.10 Å². The van der Waals surface area contributed by atoms with E-state index in [1.165, 1.54) is 0 Å². The summed E-state index contributed by atoms with van der Waals surface area (Å²) in [5.41, 5.74) is 1.16. The number of fused-ring (bicyclic) bond motifs is 1. The van der Waals surface area contributed by atoms with Crippen LogP contribution in [0.2, 0.25) is 0 Å². The number of benzene rings is 1. The maximum atomic E-state index is 6.04. The molecular weight excluding hydrogens is 266 g/mol. The largest absolute Gasteiger partial charge is 0.490 e. The Morgan fingerprint density at radius 2 is 2.00 bits per heavy atom. The minimum absolute atomic E-state index is 0.102. The van der Waals surface area contributed by atoms with Gasteiger partial charge < -0.3 is 19.5 Å². The SMILES string of the molecule is CC(C)CC1COC(c2ccc3c(c2)OCCCO3)CN1. The normalized spacial score (nSPS) is 25.7. The van der Waals surface area contributed by atoms with Gasteiger partial charge in [0.2, 0.25) is 0 Å². The summed E-state index contributed by atoms with van der Waals surface area (Å²) < 4.78 is 17.5. The summed E-state index contributed by atoms with van der Waals surface area (Å²) in [7, 11) is 0. The average Bonchev–Trinajstić information content (AvgIpc) is 2.72. The van der Waals surface area contributed by atoms with Crippen molar-refractivity contribution in [2.24, 2.45) is 5.92 Å². The predicted molar refractivity (Wildman–Crippen MR) is 82.0 cm³/mol. The molecule has 1 fully saturated rings. The number of morpholine rings is 1. The monoisotopic (exact) mass is 291 g/mol. The van der Waals surface area contributed by atoms with Crippen LogP contribution >= 0.6 is 0 Å². The zero-order valence-corrected chi connectivity index (χ0v) is 12.9. The van der Waals surface area contributed by atoms with E-state index in [1.807, 2.05) is 6.07 Å². The Bertz CT molecular complexity index is 467. The van der Waals surface area contributed by atoms with Gasteiger partial charge in [-0.3, -0.25) is 0 Å². The van der Waals surface area contributed by atoms with Crippen molar-refractivity contribution in [3.05, 3.63) is 23.8 Å². The maximum absolute atomic E-state index is 6.04. The van der Waals surface area contributed by atoms with Gasteiger partial charge in [0.25, 0.3) is 0 Å². The van der Waals surface area contributed by atoms with Crippen LogP contribution in [0.25, 0.3) is 0 Å². The van der Waals surface area contributed by atoms with Gasteiger partial charge in [-0.1, -0.05) is 19.9 Å². The molecule has 0 aromatic heterocycles. The molecule has 21 heavy (non-hydrogen) atoms. The fourth-order valence-corrected chi connectivity index (χ4v) is 2.94. The number of hydrogen-bond donors (Lipinski definition) is 1. The molecule has 0 saturated carbocycles. The molecule has 0 amide bonds. The third-order valence-electron chi connectivity index (χ3n) is 3.99. The lowest BCUT2D eigenvalue weighted by molar-refractivity contribution is -0.00143. The van der Waals surface area contributed by atoms with Crippen LogP contribution in [-0.4, -0.2) is 32.4 Å². The summed E-state index contributed by atoms with van der Waals surface area (Å²) in [5, 5.41) is 3.59. The zero-order valence-electron chi connectivity index (χ0n) is 12.9. The molecule has 1 aromatic carbocycles. The highest BCUT2D eigenvalue weighted by Gasteiger charge is 2.24. The van der Waals surface area contributed by atoms with Gasteiger partial charge in [0.15, 0.2) is 11.5 Å². The number of nitrogens with one attached hydrogen (secondary N) is 1. The van der Waals surface area contributed by atoms with Crippen molar-refractivity contribution in [3.63, 3.8) is 0 Å². The Morgan fingerprint density at radius 1 is 1.19 bits per heavy atom. The van der Waals surface area contributed by atoms with Gasteiger partial charge in [0.05, 0.1) is 25.9 Å². The van der Waals surface area contributed by atoms with Crippen LogP contribution in [-0.2, 0) is 4.74 Å². The highest BCUT2D eigenvalue weighted by Crippen LogP contribution is 2.33. The first-order valence-electron chi connectivity index (χ1n) is 7.97. The molecule has 4 nitrogen and oxygen atoms in total. The smallest absolute Gasteiger partial charge is 0.161 e. The van der Waals surface area contributed by atoms with E-state index >= 15 is 0 Å². The van der Waals surface area contributed by atoms with E-state index in [0.717, 1.165) is 56.3 Å². The molecule has 0 spiro atoms. The van der Waals surface area contributed by atoms with Crippen molar-refractivity contribution in [3.8, 4) is 11.5 Å². The summed E-state index contributed by atoms with van der Waals surface area (Å²) in [4.78, 5) is 0. The van der Waals surface area contributed by atoms with Crippen molar-refractivity contribution in [1.29, 1.82) is 0 Å². The fourth-order valence-electron chi connectivity index (χ4n) is 2.94. The van der Waals surface area contributed by atoms with Gasteiger partial charge in [0, 0.05) is 19.0 Å². The van der Waals surface area contributed by atoms with Crippen LogP contribution in [0.3, 0.4) is 0 Å². The average molecular weight is 291 g/mol. The van der Waals surface area contributed by atoms with Crippen molar-refractivity contribution in [1.82, 2.24) is 5.32 Å². The zero-order chi connectivity index (χ0) is 14.7. The minimum Gasteiger partial charge on any atom is -0.490 e. The first-order valence-corrected chi connectivity index (χ1v) is 7.97. The Balaban J connectivity index is 1.64. The highest BCUT2D eigenvalue weighted by atomic mass is 16.5. The molecule has 2 unspecified atom stereocenters. The summed E-state index contributed by atoms with van der Waals surface area (Å²) in [6.45, 7) is 7.57.